The van der Waals surface area contributed by atoms with Crippen molar-refractivity contribution in [3.8, 4) is 0 Å². The SMILES string of the molecule is COC1C=C(CCC2(C)C(C)CCC34COC(=O)C3=CCCC42)C(=O)O1. The van der Waals surface area contributed by atoms with Crippen molar-refractivity contribution in [1.29, 1.82) is 0 Å². The fraction of sp³-hybridized carbons (Fsp3) is 0.714. The summed E-state index contributed by atoms with van der Waals surface area (Å²) in [5.41, 5.74) is 1.59. The van der Waals surface area contributed by atoms with Crippen LogP contribution in [0.15, 0.2) is 23.3 Å². The zero-order valence-corrected chi connectivity index (χ0v) is 15.9. The van der Waals surface area contributed by atoms with Gasteiger partial charge in [0.05, 0.1) is 0 Å². The lowest BCUT2D eigenvalue weighted by molar-refractivity contribution is -0.155. The van der Waals surface area contributed by atoms with Crippen molar-refractivity contribution >= 4 is 11.9 Å². The number of esters is 2. The third-order valence-corrected chi connectivity index (χ3v) is 7.62. The molecule has 0 aromatic rings. The van der Waals surface area contributed by atoms with Crippen LogP contribution in [0.3, 0.4) is 0 Å². The molecule has 0 amide bonds. The molecule has 0 aromatic heterocycles. The van der Waals surface area contributed by atoms with Gasteiger partial charge in [0.15, 0.2) is 0 Å². The van der Waals surface area contributed by atoms with E-state index in [9.17, 15) is 9.59 Å². The molecule has 1 saturated heterocycles. The van der Waals surface area contributed by atoms with E-state index in [0.717, 1.165) is 43.3 Å². The molecule has 4 aliphatic rings. The van der Waals surface area contributed by atoms with E-state index < -0.39 is 6.29 Å². The lowest BCUT2D eigenvalue weighted by Gasteiger charge is -2.56. The number of methoxy groups -OCH3 is 1. The average molecular weight is 360 g/mol. The van der Waals surface area contributed by atoms with Crippen LogP contribution in [0.1, 0.15) is 52.4 Å². The Hall–Kier alpha value is -1.62. The van der Waals surface area contributed by atoms with Crippen LogP contribution >= 0.6 is 0 Å². The maximum atomic E-state index is 12.3. The van der Waals surface area contributed by atoms with E-state index in [2.05, 4.69) is 19.9 Å². The summed E-state index contributed by atoms with van der Waals surface area (Å²) in [6.07, 6.45) is 9.12. The quantitative estimate of drug-likeness (QED) is 0.718. The fourth-order valence-corrected chi connectivity index (χ4v) is 5.86. The lowest BCUT2D eigenvalue weighted by Crippen LogP contribution is -2.51. The summed E-state index contributed by atoms with van der Waals surface area (Å²) >= 11 is 0. The molecular weight excluding hydrogens is 332 g/mol. The molecule has 26 heavy (non-hydrogen) atoms. The molecule has 142 valence electrons. The largest absolute Gasteiger partial charge is 0.461 e. The molecule has 2 fully saturated rings. The number of hydrogen-bond donors (Lipinski definition) is 0. The minimum absolute atomic E-state index is 0.0675. The summed E-state index contributed by atoms with van der Waals surface area (Å²) in [5.74, 6) is 0.588. The fourth-order valence-electron chi connectivity index (χ4n) is 5.86. The van der Waals surface area contributed by atoms with Crippen LogP contribution in [0.2, 0.25) is 0 Å². The Balaban J connectivity index is 1.59. The standard InChI is InChI=1S/C21H28O5/c1-13-7-10-21-12-25-19(23)15(21)5-4-6-16(21)20(13,2)9-8-14-11-17(24-3)26-18(14)22/h5,11,13,16-17H,4,6-10,12H2,1-3H3. The normalized spacial score (nSPS) is 41.7. The molecule has 0 aromatic carbocycles. The molecular formula is C21H28O5. The maximum Gasteiger partial charge on any atom is 0.336 e. The summed E-state index contributed by atoms with van der Waals surface area (Å²) in [7, 11) is 1.54. The molecule has 5 nitrogen and oxygen atoms in total. The first-order chi connectivity index (χ1) is 12.4. The molecule has 4 rings (SSSR count). The van der Waals surface area contributed by atoms with Crippen molar-refractivity contribution < 1.29 is 23.8 Å². The molecule has 5 unspecified atom stereocenters. The smallest absolute Gasteiger partial charge is 0.336 e. The highest BCUT2D eigenvalue weighted by atomic mass is 16.7. The summed E-state index contributed by atoms with van der Waals surface area (Å²) in [6.45, 7) is 5.20. The van der Waals surface area contributed by atoms with Crippen molar-refractivity contribution in [2.45, 2.75) is 58.7 Å². The van der Waals surface area contributed by atoms with Crippen LogP contribution in [0.25, 0.3) is 0 Å². The first-order valence-corrected chi connectivity index (χ1v) is 9.73. The lowest BCUT2D eigenvalue weighted by atomic mass is 9.47. The highest BCUT2D eigenvalue weighted by Crippen LogP contribution is 2.64. The Morgan fingerprint density at radius 1 is 1.27 bits per heavy atom. The number of carbonyl (C=O) groups is 2. The Labute approximate surface area is 154 Å². The van der Waals surface area contributed by atoms with E-state index in [1.807, 2.05) is 0 Å². The highest BCUT2D eigenvalue weighted by Gasteiger charge is 2.60. The van der Waals surface area contributed by atoms with E-state index in [0.29, 0.717) is 24.9 Å². The average Bonchev–Trinajstić information content (AvgIpc) is 3.17. The number of rotatable bonds is 4. The Kier molecular flexibility index (Phi) is 4.25. The van der Waals surface area contributed by atoms with Crippen LogP contribution in [-0.4, -0.2) is 31.9 Å². The minimum Gasteiger partial charge on any atom is -0.461 e. The van der Waals surface area contributed by atoms with Gasteiger partial charge in [-0.15, -0.1) is 0 Å². The number of allylic oxidation sites excluding steroid dienone is 1. The highest BCUT2D eigenvalue weighted by molar-refractivity contribution is 5.92. The van der Waals surface area contributed by atoms with Gasteiger partial charge in [0.25, 0.3) is 0 Å². The van der Waals surface area contributed by atoms with Gasteiger partial charge in [-0.3, -0.25) is 0 Å². The molecule has 0 bridgehead atoms. The number of ether oxygens (including phenoxy) is 3. The molecule has 1 saturated carbocycles. The van der Waals surface area contributed by atoms with Gasteiger partial charge in [-0.25, -0.2) is 9.59 Å². The first-order valence-electron chi connectivity index (χ1n) is 9.73. The second kappa shape index (κ2) is 6.22. The van der Waals surface area contributed by atoms with Crippen LogP contribution in [0.4, 0.5) is 0 Å². The third kappa shape index (κ3) is 2.47. The van der Waals surface area contributed by atoms with Crippen LogP contribution in [0, 0.1) is 22.7 Å². The summed E-state index contributed by atoms with van der Waals surface area (Å²) in [6, 6.07) is 0. The number of carbonyl (C=O) groups excluding carboxylic acids is 2. The molecule has 0 radical (unpaired) electrons. The van der Waals surface area contributed by atoms with Gasteiger partial charge in [0, 0.05) is 23.7 Å². The maximum absolute atomic E-state index is 12.3. The van der Waals surface area contributed by atoms with Gasteiger partial charge >= 0.3 is 11.9 Å². The topological polar surface area (TPSA) is 61.8 Å². The zero-order valence-electron chi connectivity index (χ0n) is 15.9. The molecule has 2 aliphatic carbocycles. The van der Waals surface area contributed by atoms with Crippen molar-refractivity contribution in [1.82, 2.24) is 0 Å². The zero-order chi connectivity index (χ0) is 18.5. The van der Waals surface area contributed by atoms with Crippen molar-refractivity contribution in [2.75, 3.05) is 13.7 Å². The van der Waals surface area contributed by atoms with Crippen LogP contribution < -0.4 is 0 Å². The van der Waals surface area contributed by atoms with E-state index in [4.69, 9.17) is 14.2 Å². The number of hydrogen-bond acceptors (Lipinski definition) is 5. The summed E-state index contributed by atoms with van der Waals surface area (Å²) < 4.78 is 15.8. The minimum atomic E-state index is -0.550. The second-order valence-corrected chi connectivity index (χ2v) is 8.63. The van der Waals surface area contributed by atoms with Crippen LogP contribution in [-0.2, 0) is 23.8 Å². The molecule has 2 aliphatic heterocycles. The van der Waals surface area contributed by atoms with Crippen LogP contribution in [0.5, 0.6) is 0 Å². The Morgan fingerprint density at radius 3 is 2.81 bits per heavy atom. The molecule has 2 heterocycles. The van der Waals surface area contributed by atoms with Crippen molar-refractivity contribution in [3.63, 3.8) is 0 Å². The molecule has 0 N–H and O–H groups in total. The van der Waals surface area contributed by atoms with E-state index >= 15 is 0 Å². The third-order valence-electron chi connectivity index (χ3n) is 7.62. The first kappa shape index (κ1) is 17.8. The van der Waals surface area contributed by atoms with Gasteiger partial charge in [0.2, 0.25) is 6.29 Å². The summed E-state index contributed by atoms with van der Waals surface area (Å²) in [5, 5.41) is 0. The predicted molar refractivity (Wildman–Crippen MR) is 94.9 cm³/mol. The van der Waals surface area contributed by atoms with Gasteiger partial charge in [0.1, 0.15) is 6.61 Å². The van der Waals surface area contributed by atoms with E-state index in [1.165, 1.54) is 0 Å². The molecule has 5 heteroatoms. The van der Waals surface area contributed by atoms with Gasteiger partial charge in [-0.2, -0.15) is 0 Å². The summed E-state index contributed by atoms with van der Waals surface area (Å²) in [4.78, 5) is 24.3. The van der Waals surface area contributed by atoms with E-state index in [-0.39, 0.29) is 22.8 Å². The van der Waals surface area contributed by atoms with Crippen molar-refractivity contribution in [3.05, 3.63) is 23.3 Å². The predicted octanol–water partition coefficient (Wildman–Crippen LogP) is 3.54. The Morgan fingerprint density at radius 2 is 2.08 bits per heavy atom. The molecule has 5 atom stereocenters. The monoisotopic (exact) mass is 360 g/mol. The Bertz CT molecular complexity index is 693. The van der Waals surface area contributed by atoms with Gasteiger partial charge < -0.3 is 14.2 Å². The van der Waals surface area contributed by atoms with Gasteiger partial charge in [-0.05, 0) is 61.9 Å². The number of cyclic esters (lactones) is 2. The second-order valence-electron chi connectivity index (χ2n) is 8.63. The van der Waals surface area contributed by atoms with Crippen molar-refractivity contribution in [2.24, 2.45) is 22.7 Å². The van der Waals surface area contributed by atoms with Gasteiger partial charge in [-0.1, -0.05) is 19.9 Å². The molecule has 1 spiro atoms. The van der Waals surface area contributed by atoms with E-state index in [1.54, 1.807) is 13.2 Å².